The molecule has 1 atom stereocenters. The first-order valence-corrected chi connectivity index (χ1v) is 7.46. The molecule has 0 aliphatic carbocycles. The van der Waals surface area contributed by atoms with Gasteiger partial charge in [-0.25, -0.2) is 4.39 Å². The zero-order chi connectivity index (χ0) is 14.3. The van der Waals surface area contributed by atoms with E-state index in [1.165, 1.54) is 12.1 Å². The van der Waals surface area contributed by atoms with Crippen LogP contribution in [0.2, 0.25) is 0 Å². The van der Waals surface area contributed by atoms with Gasteiger partial charge in [0.25, 0.3) is 5.91 Å². The Morgan fingerprint density at radius 3 is 2.70 bits per heavy atom. The molecule has 3 nitrogen and oxygen atoms in total. The SMILES string of the molecule is O=C1Nc2cccc(Br)c2C1Nc1ccc(F)cc1Br. The molecule has 0 bridgehead atoms. The molecular formula is C14H9Br2FN2O. The van der Waals surface area contributed by atoms with Crippen molar-refractivity contribution in [3.05, 3.63) is 56.7 Å². The van der Waals surface area contributed by atoms with Crippen molar-refractivity contribution in [3.8, 4) is 0 Å². The molecule has 6 heteroatoms. The van der Waals surface area contributed by atoms with Crippen molar-refractivity contribution in [2.24, 2.45) is 0 Å². The Labute approximate surface area is 131 Å². The topological polar surface area (TPSA) is 41.1 Å². The fourth-order valence-corrected chi connectivity index (χ4v) is 3.24. The number of hydrogen-bond donors (Lipinski definition) is 2. The second-order valence-electron chi connectivity index (χ2n) is 4.39. The van der Waals surface area contributed by atoms with Gasteiger partial charge in [0.15, 0.2) is 0 Å². The van der Waals surface area contributed by atoms with E-state index in [0.717, 1.165) is 15.7 Å². The average molecular weight is 400 g/mol. The molecule has 1 aliphatic heterocycles. The molecule has 2 aromatic rings. The van der Waals surface area contributed by atoms with Crippen LogP contribution in [-0.2, 0) is 4.79 Å². The van der Waals surface area contributed by atoms with E-state index in [9.17, 15) is 9.18 Å². The fraction of sp³-hybridized carbons (Fsp3) is 0.0714. The number of carbonyl (C=O) groups excluding carboxylic acids is 1. The van der Waals surface area contributed by atoms with Gasteiger partial charge in [0.2, 0.25) is 0 Å². The normalized spacial score (nSPS) is 16.8. The Morgan fingerprint density at radius 1 is 1.15 bits per heavy atom. The highest BCUT2D eigenvalue weighted by Gasteiger charge is 2.32. The van der Waals surface area contributed by atoms with Gasteiger partial charge in [-0.05, 0) is 46.3 Å². The number of fused-ring (bicyclic) bond motifs is 1. The molecule has 1 unspecified atom stereocenters. The Bertz CT molecular complexity index is 706. The highest BCUT2D eigenvalue weighted by molar-refractivity contribution is 9.11. The van der Waals surface area contributed by atoms with E-state index in [4.69, 9.17) is 0 Å². The summed E-state index contributed by atoms with van der Waals surface area (Å²) in [5, 5.41) is 5.95. The first kappa shape index (κ1) is 13.6. The number of carbonyl (C=O) groups is 1. The minimum atomic E-state index is -0.512. The standard InChI is InChI=1S/C14H9Br2FN2O/c15-8-2-1-3-11-12(8)13(14(20)19-11)18-10-5-4-7(17)6-9(10)16/h1-6,13,18H,(H,19,20). The lowest BCUT2D eigenvalue weighted by atomic mass is 10.1. The van der Waals surface area contributed by atoms with Crippen molar-refractivity contribution in [2.75, 3.05) is 10.6 Å². The van der Waals surface area contributed by atoms with E-state index in [-0.39, 0.29) is 11.7 Å². The predicted molar refractivity (Wildman–Crippen MR) is 83.2 cm³/mol. The third kappa shape index (κ3) is 2.33. The average Bonchev–Trinajstić information content (AvgIpc) is 2.70. The van der Waals surface area contributed by atoms with E-state index in [1.54, 1.807) is 6.07 Å². The third-order valence-electron chi connectivity index (χ3n) is 3.09. The number of anilines is 2. The summed E-state index contributed by atoms with van der Waals surface area (Å²) >= 11 is 6.74. The molecule has 1 amide bonds. The lowest BCUT2D eigenvalue weighted by Crippen LogP contribution is -2.20. The summed E-state index contributed by atoms with van der Waals surface area (Å²) in [6.45, 7) is 0. The Hall–Kier alpha value is -1.40. The van der Waals surface area contributed by atoms with Crippen LogP contribution >= 0.6 is 31.9 Å². The van der Waals surface area contributed by atoms with E-state index < -0.39 is 6.04 Å². The van der Waals surface area contributed by atoms with Gasteiger partial charge in [0, 0.05) is 25.9 Å². The summed E-state index contributed by atoms with van der Waals surface area (Å²) in [6.07, 6.45) is 0. The molecule has 2 N–H and O–H groups in total. The molecule has 0 saturated carbocycles. The lowest BCUT2D eigenvalue weighted by Gasteiger charge is -2.15. The van der Waals surface area contributed by atoms with Gasteiger partial charge < -0.3 is 10.6 Å². The van der Waals surface area contributed by atoms with Crippen LogP contribution < -0.4 is 10.6 Å². The van der Waals surface area contributed by atoms with Crippen LogP contribution in [0.3, 0.4) is 0 Å². The maximum absolute atomic E-state index is 13.1. The molecule has 1 aliphatic rings. The number of halogens is 3. The number of benzene rings is 2. The molecular weight excluding hydrogens is 391 g/mol. The summed E-state index contributed by atoms with van der Waals surface area (Å²) in [5.74, 6) is -0.469. The third-order valence-corrected chi connectivity index (χ3v) is 4.44. The van der Waals surface area contributed by atoms with E-state index in [1.807, 2.05) is 18.2 Å². The van der Waals surface area contributed by atoms with Crippen molar-refractivity contribution in [1.29, 1.82) is 0 Å². The van der Waals surface area contributed by atoms with Gasteiger partial charge in [0.1, 0.15) is 11.9 Å². The highest BCUT2D eigenvalue weighted by atomic mass is 79.9. The largest absolute Gasteiger partial charge is 0.369 e. The number of nitrogens with one attached hydrogen (secondary N) is 2. The molecule has 0 fully saturated rings. The van der Waals surface area contributed by atoms with Crippen LogP contribution in [0.1, 0.15) is 11.6 Å². The number of rotatable bonds is 2. The van der Waals surface area contributed by atoms with Crippen LogP contribution in [-0.4, -0.2) is 5.91 Å². The summed E-state index contributed by atoms with van der Waals surface area (Å²) < 4.78 is 14.5. The molecule has 102 valence electrons. The van der Waals surface area contributed by atoms with Crippen molar-refractivity contribution in [3.63, 3.8) is 0 Å². The zero-order valence-electron chi connectivity index (χ0n) is 10.1. The molecule has 2 aromatic carbocycles. The maximum atomic E-state index is 13.1. The smallest absolute Gasteiger partial charge is 0.251 e. The molecule has 0 aromatic heterocycles. The quantitative estimate of drug-likeness (QED) is 0.782. The van der Waals surface area contributed by atoms with Gasteiger partial charge in [-0.1, -0.05) is 22.0 Å². The van der Waals surface area contributed by atoms with Crippen LogP contribution in [0.5, 0.6) is 0 Å². The summed E-state index contributed by atoms with van der Waals surface area (Å²) in [7, 11) is 0. The van der Waals surface area contributed by atoms with Gasteiger partial charge in [-0.2, -0.15) is 0 Å². The van der Waals surface area contributed by atoms with Crippen LogP contribution in [0.25, 0.3) is 0 Å². The second kappa shape index (κ2) is 5.18. The summed E-state index contributed by atoms with van der Waals surface area (Å²) in [5.41, 5.74) is 2.30. The molecule has 20 heavy (non-hydrogen) atoms. The van der Waals surface area contributed by atoms with Crippen molar-refractivity contribution in [2.45, 2.75) is 6.04 Å². The lowest BCUT2D eigenvalue weighted by molar-refractivity contribution is -0.116. The molecule has 0 spiro atoms. The Morgan fingerprint density at radius 2 is 1.95 bits per heavy atom. The van der Waals surface area contributed by atoms with E-state index in [0.29, 0.717) is 10.2 Å². The fourth-order valence-electron chi connectivity index (χ4n) is 2.18. The monoisotopic (exact) mass is 398 g/mol. The van der Waals surface area contributed by atoms with Crippen LogP contribution in [0, 0.1) is 5.82 Å². The predicted octanol–water partition coefficient (Wildman–Crippen LogP) is 4.46. The van der Waals surface area contributed by atoms with Gasteiger partial charge >= 0.3 is 0 Å². The van der Waals surface area contributed by atoms with Crippen LogP contribution in [0.15, 0.2) is 45.3 Å². The van der Waals surface area contributed by atoms with Crippen molar-refractivity contribution < 1.29 is 9.18 Å². The minimum Gasteiger partial charge on any atom is -0.369 e. The van der Waals surface area contributed by atoms with E-state index in [2.05, 4.69) is 42.5 Å². The number of amides is 1. The summed E-state index contributed by atoms with van der Waals surface area (Å²) in [4.78, 5) is 12.1. The zero-order valence-corrected chi connectivity index (χ0v) is 13.3. The molecule has 0 saturated heterocycles. The molecule has 1 heterocycles. The minimum absolute atomic E-state index is 0.136. The Balaban J connectivity index is 1.98. The van der Waals surface area contributed by atoms with Crippen LogP contribution in [0.4, 0.5) is 15.8 Å². The van der Waals surface area contributed by atoms with Gasteiger partial charge in [-0.3, -0.25) is 4.79 Å². The Kier molecular flexibility index (Phi) is 3.52. The number of hydrogen-bond acceptors (Lipinski definition) is 2. The van der Waals surface area contributed by atoms with Gasteiger partial charge in [0.05, 0.1) is 0 Å². The molecule has 3 rings (SSSR count). The first-order chi connectivity index (χ1) is 9.56. The van der Waals surface area contributed by atoms with Crippen molar-refractivity contribution >= 4 is 49.1 Å². The second-order valence-corrected chi connectivity index (χ2v) is 6.10. The summed E-state index contributed by atoms with van der Waals surface area (Å²) in [6, 6.07) is 9.38. The van der Waals surface area contributed by atoms with E-state index >= 15 is 0 Å². The highest BCUT2D eigenvalue weighted by Crippen LogP contribution is 2.39. The maximum Gasteiger partial charge on any atom is 0.251 e. The van der Waals surface area contributed by atoms with Crippen molar-refractivity contribution in [1.82, 2.24) is 0 Å². The molecule has 0 radical (unpaired) electrons. The van der Waals surface area contributed by atoms with Gasteiger partial charge in [-0.15, -0.1) is 0 Å². The first-order valence-electron chi connectivity index (χ1n) is 5.87.